The zero-order valence-electron chi connectivity index (χ0n) is 9.73. The molecule has 0 aromatic heterocycles. The van der Waals surface area contributed by atoms with E-state index in [0.29, 0.717) is 0 Å². The fourth-order valence-corrected chi connectivity index (χ4v) is 1.92. The second-order valence-electron chi connectivity index (χ2n) is 3.60. The molecule has 6 heteroatoms. The van der Waals surface area contributed by atoms with Gasteiger partial charge in [-0.15, -0.1) is 0 Å². The molecule has 94 valence electrons. The molecule has 5 nitrogen and oxygen atoms in total. The summed E-state index contributed by atoms with van der Waals surface area (Å²) in [6.45, 7) is 3.97. The molecule has 2 atom stereocenters. The van der Waals surface area contributed by atoms with E-state index in [9.17, 15) is 9.59 Å². The van der Waals surface area contributed by atoms with Crippen LogP contribution in [-0.4, -0.2) is 40.6 Å². The van der Waals surface area contributed by atoms with Gasteiger partial charge in [-0.2, -0.15) is 11.8 Å². The summed E-state index contributed by atoms with van der Waals surface area (Å²) in [5.41, 5.74) is 5.42. The van der Waals surface area contributed by atoms with E-state index < -0.39 is 17.9 Å². The Morgan fingerprint density at radius 3 is 2.62 bits per heavy atom. The lowest BCUT2D eigenvalue weighted by Gasteiger charge is -2.16. The van der Waals surface area contributed by atoms with Crippen molar-refractivity contribution < 1.29 is 14.7 Å². The molecular formula is C10H20N2O3S. The highest BCUT2D eigenvalue weighted by molar-refractivity contribution is 7.99. The van der Waals surface area contributed by atoms with E-state index in [1.54, 1.807) is 11.8 Å². The molecule has 0 radical (unpaired) electrons. The van der Waals surface area contributed by atoms with Crippen LogP contribution in [0.2, 0.25) is 0 Å². The summed E-state index contributed by atoms with van der Waals surface area (Å²) in [6.07, 6.45) is 0.534. The summed E-state index contributed by atoms with van der Waals surface area (Å²) in [4.78, 5) is 21.8. The normalized spacial score (nSPS) is 14.2. The van der Waals surface area contributed by atoms with Gasteiger partial charge < -0.3 is 16.2 Å². The first-order valence-electron chi connectivity index (χ1n) is 5.32. The maximum Gasteiger partial charge on any atom is 0.305 e. The quantitative estimate of drug-likeness (QED) is 0.542. The third-order valence-corrected chi connectivity index (χ3v) is 2.95. The van der Waals surface area contributed by atoms with Gasteiger partial charge in [-0.1, -0.05) is 6.92 Å². The zero-order chi connectivity index (χ0) is 12.6. The van der Waals surface area contributed by atoms with Crippen molar-refractivity contribution in [1.29, 1.82) is 0 Å². The predicted molar refractivity (Wildman–Crippen MR) is 65.4 cm³/mol. The van der Waals surface area contributed by atoms with Gasteiger partial charge in [0, 0.05) is 6.04 Å². The van der Waals surface area contributed by atoms with Crippen LogP contribution in [0.25, 0.3) is 0 Å². The molecule has 0 saturated heterocycles. The molecule has 0 aliphatic heterocycles. The number of thioether (sulfide) groups is 1. The topological polar surface area (TPSA) is 92.4 Å². The van der Waals surface area contributed by atoms with E-state index in [2.05, 4.69) is 12.2 Å². The Hall–Kier alpha value is -0.750. The minimum Gasteiger partial charge on any atom is -0.481 e. The highest BCUT2D eigenvalue weighted by Gasteiger charge is 2.18. The monoisotopic (exact) mass is 248 g/mol. The van der Waals surface area contributed by atoms with Gasteiger partial charge in [0.1, 0.15) is 0 Å². The molecule has 0 heterocycles. The minimum absolute atomic E-state index is 0.0337. The van der Waals surface area contributed by atoms with Gasteiger partial charge in [-0.05, 0) is 24.9 Å². The number of aliphatic carboxylic acids is 1. The summed E-state index contributed by atoms with van der Waals surface area (Å²) >= 11 is 1.81. The first-order valence-corrected chi connectivity index (χ1v) is 6.48. The largest absolute Gasteiger partial charge is 0.481 e. The molecule has 0 spiro atoms. The van der Waals surface area contributed by atoms with Crippen LogP contribution in [-0.2, 0) is 9.59 Å². The van der Waals surface area contributed by atoms with Crippen molar-refractivity contribution in [2.45, 2.75) is 38.8 Å². The lowest BCUT2D eigenvalue weighted by molar-refractivity contribution is -0.139. The van der Waals surface area contributed by atoms with Gasteiger partial charge >= 0.3 is 5.97 Å². The molecule has 0 bridgehead atoms. The first-order chi connectivity index (χ1) is 7.47. The Balaban J connectivity index is 3.80. The van der Waals surface area contributed by atoms with E-state index in [4.69, 9.17) is 10.8 Å². The predicted octanol–water partition coefficient (Wildman–Crippen LogP) is 0.436. The fraction of sp³-hybridized carbons (Fsp3) is 0.800. The molecule has 0 aliphatic carbocycles. The van der Waals surface area contributed by atoms with Gasteiger partial charge in [0.05, 0.1) is 12.5 Å². The number of nitrogens with one attached hydrogen (secondary N) is 1. The van der Waals surface area contributed by atoms with Crippen LogP contribution in [0.1, 0.15) is 26.7 Å². The molecular weight excluding hydrogens is 228 g/mol. The van der Waals surface area contributed by atoms with E-state index >= 15 is 0 Å². The Kier molecular flexibility index (Phi) is 8.01. The Morgan fingerprint density at radius 2 is 2.12 bits per heavy atom. The number of carboxylic acids is 1. The number of nitrogens with two attached hydrogens (primary N) is 1. The third kappa shape index (κ3) is 7.53. The minimum atomic E-state index is -1.06. The number of carbonyl (C=O) groups is 2. The van der Waals surface area contributed by atoms with Crippen molar-refractivity contribution in [3.8, 4) is 0 Å². The van der Waals surface area contributed by atoms with Crippen LogP contribution in [0.4, 0.5) is 0 Å². The average molecular weight is 248 g/mol. The van der Waals surface area contributed by atoms with Gasteiger partial charge in [0.25, 0.3) is 0 Å². The third-order valence-electron chi connectivity index (χ3n) is 2.02. The number of carbonyl (C=O) groups excluding carboxylic acids is 1. The Labute approximate surface area is 100 Å². The van der Waals surface area contributed by atoms with Gasteiger partial charge in [-0.3, -0.25) is 9.59 Å². The summed E-state index contributed by atoms with van der Waals surface area (Å²) in [6, 6.07) is -0.926. The molecule has 4 N–H and O–H groups in total. The highest BCUT2D eigenvalue weighted by atomic mass is 32.2. The van der Waals surface area contributed by atoms with Crippen LogP contribution >= 0.6 is 11.8 Å². The molecule has 2 unspecified atom stereocenters. The smallest absolute Gasteiger partial charge is 0.305 e. The van der Waals surface area contributed by atoms with Crippen molar-refractivity contribution in [1.82, 2.24) is 5.32 Å². The molecule has 0 aromatic carbocycles. The van der Waals surface area contributed by atoms with Gasteiger partial charge in [-0.25, -0.2) is 0 Å². The average Bonchev–Trinajstić information content (AvgIpc) is 2.16. The number of carboxylic acid groups (broad SMARTS) is 1. The van der Waals surface area contributed by atoms with E-state index in [0.717, 1.165) is 17.9 Å². The van der Waals surface area contributed by atoms with Crippen molar-refractivity contribution >= 4 is 23.6 Å². The molecule has 16 heavy (non-hydrogen) atoms. The maximum atomic E-state index is 11.4. The van der Waals surface area contributed by atoms with E-state index in [-0.39, 0.29) is 12.5 Å². The fourth-order valence-electron chi connectivity index (χ4n) is 1.11. The van der Waals surface area contributed by atoms with Crippen LogP contribution < -0.4 is 11.1 Å². The highest BCUT2D eigenvalue weighted by Crippen LogP contribution is 2.04. The molecule has 0 aromatic rings. The molecule has 0 rings (SSSR count). The summed E-state index contributed by atoms with van der Waals surface area (Å²) < 4.78 is 0. The lowest BCUT2D eigenvalue weighted by atomic mass is 10.2. The summed E-state index contributed by atoms with van der Waals surface area (Å²) in [5.74, 6) is 0.582. The SMILES string of the molecule is CCSCCC(C)NC(=O)C(N)CC(=O)O. The van der Waals surface area contributed by atoms with Crippen LogP contribution in [0.5, 0.6) is 0 Å². The number of rotatable bonds is 8. The number of amides is 1. The summed E-state index contributed by atoms with van der Waals surface area (Å²) in [5, 5.41) is 11.2. The van der Waals surface area contributed by atoms with Crippen molar-refractivity contribution in [2.75, 3.05) is 11.5 Å². The second-order valence-corrected chi connectivity index (χ2v) is 4.99. The zero-order valence-corrected chi connectivity index (χ0v) is 10.5. The Morgan fingerprint density at radius 1 is 1.50 bits per heavy atom. The van der Waals surface area contributed by atoms with Crippen LogP contribution in [0.3, 0.4) is 0 Å². The molecule has 0 aliphatic rings. The van der Waals surface area contributed by atoms with Crippen molar-refractivity contribution in [3.63, 3.8) is 0 Å². The molecule has 0 fully saturated rings. The molecule has 0 saturated carbocycles. The Bertz CT molecular complexity index is 236. The number of hydrogen-bond donors (Lipinski definition) is 3. The summed E-state index contributed by atoms with van der Waals surface area (Å²) in [7, 11) is 0. The van der Waals surface area contributed by atoms with Crippen LogP contribution in [0.15, 0.2) is 0 Å². The first kappa shape index (κ1) is 15.2. The second kappa shape index (κ2) is 8.41. The van der Waals surface area contributed by atoms with Crippen molar-refractivity contribution in [2.24, 2.45) is 5.73 Å². The lowest BCUT2D eigenvalue weighted by Crippen LogP contribution is -2.45. The van der Waals surface area contributed by atoms with Gasteiger partial charge in [0.15, 0.2) is 0 Å². The maximum absolute atomic E-state index is 11.4. The van der Waals surface area contributed by atoms with E-state index in [1.807, 2.05) is 6.92 Å². The standard InChI is InChI=1S/C10H20N2O3S/c1-3-16-5-4-7(2)12-10(15)8(11)6-9(13)14/h7-8H,3-6,11H2,1-2H3,(H,12,15)(H,13,14). The molecule has 1 amide bonds. The van der Waals surface area contributed by atoms with E-state index in [1.165, 1.54) is 0 Å². The van der Waals surface area contributed by atoms with Crippen LogP contribution in [0, 0.1) is 0 Å². The number of hydrogen-bond acceptors (Lipinski definition) is 4. The van der Waals surface area contributed by atoms with Crippen molar-refractivity contribution in [3.05, 3.63) is 0 Å². The van der Waals surface area contributed by atoms with Gasteiger partial charge in [0.2, 0.25) is 5.91 Å².